The van der Waals surface area contributed by atoms with Crippen molar-refractivity contribution < 1.29 is 38.3 Å². The number of benzene rings is 1. The summed E-state index contributed by atoms with van der Waals surface area (Å²) >= 11 is 0. The van der Waals surface area contributed by atoms with Crippen molar-refractivity contribution in [3.8, 4) is 5.75 Å². The molecule has 0 unspecified atom stereocenters. The summed E-state index contributed by atoms with van der Waals surface area (Å²) in [6.07, 6.45) is 0.795. The van der Waals surface area contributed by atoms with Gasteiger partial charge in [0, 0.05) is 5.56 Å². The van der Waals surface area contributed by atoms with Gasteiger partial charge in [-0.1, -0.05) is 0 Å². The summed E-state index contributed by atoms with van der Waals surface area (Å²) in [5.41, 5.74) is 0.621. The van der Waals surface area contributed by atoms with Crippen molar-refractivity contribution in [2.75, 3.05) is 79.3 Å². The van der Waals surface area contributed by atoms with Crippen LogP contribution in [0, 0.1) is 0 Å². The van der Waals surface area contributed by atoms with Gasteiger partial charge in [0.1, 0.15) is 18.6 Å². The highest BCUT2D eigenvalue weighted by Gasteiger charge is 1.96. The maximum atomic E-state index is 10.5. The fraction of sp³-hybridized carbons (Fsp3) is 0.632. The van der Waals surface area contributed by atoms with Crippen LogP contribution in [-0.2, 0) is 23.7 Å². The molecule has 1 aromatic rings. The smallest absolute Gasteiger partial charge is 0.150 e. The summed E-state index contributed by atoms with van der Waals surface area (Å²) in [6.45, 7) is 5.24. The second-order valence-corrected chi connectivity index (χ2v) is 5.32. The average Bonchev–Trinajstić information content (AvgIpc) is 2.70. The van der Waals surface area contributed by atoms with Crippen LogP contribution in [0.3, 0.4) is 0 Å². The van der Waals surface area contributed by atoms with Crippen molar-refractivity contribution in [3.63, 3.8) is 0 Å². The van der Waals surface area contributed by atoms with Crippen LogP contribution in [0.1, 0.15) is 10.4 Å². The van der Waals surface area contributed by atoms with Gasteiger partial charge in [0.25, 0.3) is 0 Å². The van der Waals surface area contributed by atoms with Crippen LogP contribution in [0.4, 0.5) is 0 Å². The third kappa shape index (κ3) is 14.2. The summed E-state index contributed by atoms with van der Waals surface area (Å²) in [4.78, 5) is 10.5. The Morgan fingerprint density at radius 2 is 1.04 bits per heavy atom. The van der Waals surface area contributed by atoms with Gasteiger partial charge in [0.05, 0.1) is 72.7 Å². The Hall–Kier alpha value is -1.55. The standard InChI is InChI=1S/C19H30O8/c20-5-6-22-7-8-23-9-10-24-11-12-25-13-14-26-15-16-27-19-3-1-18(17-21)2-4-19/h1-4,17,20H,5-16H2. The van der Waals surface area contributed by atoms with Gasteiger partial charge >= 0.3 is 0 Å². The molecule has 0 aliphatic rings. The van der Waals surface area contributed by atoms with Gasteiger partial charge in [0.2, 0.25) is 0 Å². The molecule has 154 valence electrons. The van der Waals surface area contributed by atoms with E-state index in [1.165, 1.54) is 0 Å². The zero-order valence-electron chi connectivity index (χ0n) is 15.7. The number of rotatable bonds is 19. The first-order valence-corrected chi connectivity index (χ1v) is 9.04. The van der Waals surface area contributed by atoms with Crippen LogP contribution < -0.4 is 4.74 Å². The SMILES string of the molecule is O=Cc1ccc(OCCOCCOCCOCCOCCOCCO)cc1. The molecule has 0 aliphatic carbocycles. The second kappa shape index (κ2) is 17.8. The minimum atomic E-state index is 0.0275. The molecule has 0 aromatic heterocycles. The number of aldehydes is 1. The van der Waals surface area contributed by atoms with E-state index in [-0.39, 0.29) is 6.61 Å². The van der Waals surface area contributed by atoms with Crippen molar-refractivity contribution >= 4 is 6.29 Å². The molecule has 0 aliphatic heterocycles. The summed E-state index contributed by atoms with van der Waals surface area (Å²) in [7, 11) is 0. The number of carbonyl (C=O) groups is 1. The normalized spacial score (nSPS) is 10.9. The maximum Gasteiger partial charge on any atom is 0.150 e. The Labute approximate surface area is 160 Å². The molecule has 8 nitrogen and oxygen atoms in total. The van der Waals surface area contributed by atoms with E-state index in [1.807, 2.05) is 0 Å². The number of aliphatic hydroxyl groups excluding tert-OH is 1. The Balaban J connectivity index is 1.76. The van der Waals surface area contributed by atoms with E-state index >= 15 is 0 Å². The minimum Gasteiger partial charge on any atom is -0.491 e. The molecule has 0 atom stereocenters. The Kier molecular flexibility index (Phi) is 15.5. The fourth-order valence-electron chi connectivity index (χ4n) is 1.91. The molecule has 0 amide bonds. The van der Waals surface area contributed by atoms with Gasteiger partial charge in [0.15, 0.2) is 0 Å². The van der Waals surface area contributed by atoms with Gasteiger partial charge in [-0.3, -0.25) is 4.79 Å². The van der Waals surface area contributed by atoms with E-state index in [4.69, 9.17) is 33.5 Å². The number of hydrogen-bond acceptors (Lipinski definition) is 8. The van der Waals surface area contributed by atoms with Gasteiger partial charge in [-0.05, 0) is 24.3 Å². The molecule has 8 heteroatoms. The number of hydrogen-bond donors (Lipinski definition) is 1. The molecule has 0 radical (unpaired) electrons. The number of ether oxygens (including phenoxy) is 6. The highest BCUT2D eigenvalue weighted by Crippen LogP contribution is 2.10. The van der Waals surface area contributed by atoms with Crippen LogP contribution in [0.15, 0.2) is 24.3 Å². The van der Waals surface area contributed by atoms with Crippen LogP contribution in [-0.4, -0.2) is 90.7 Å². The molecule has 0 bridgehead atoms. The van der Waals surface area contributed by atoms with Crippen LogP contribution in [0.25, 0.3) is 0 Å². The van der Waals surface area contributed by atoms with Gasteiger partial charge in [-0.15, -0.1) is 0 Å². The molecular formula is C19H30O8. The highest BCUT2D eigenvalue weighted by molar-refractivity contribution is 5.74. The van der Waals surface area contributed by atoms with Crippen molar-refractivity contribution in [1.29, 1.82) is 0 Å². The quantitative estimate of drug-likeness (QED) is 0.278. The predicted molar refractivity (Wildman–Crippen MR) is 98.5 cm³/mol. The molecule has 0 fully saturated rings. The lowest BCUT2D eigenvalue weighted by Crippen LogP contribution is -2.14. The number of carbonyl (C=O) groups excluding carboxylic acids is 1. The molecule has 1 aromatic carbocycles. The third-order valence-corrected chi connectivity index (χ3v) is 3.24. The van der Waals surface area contributed by atoms with Crippen LogP contribution >= 0.6 is 0 Å². The average molecular weight is 386 g/mol. The first-order valence-electron chi connectivity index (χ1n) is 9.04. The van der Waals surface area contributed by atoms with Crippen molar-refractivity contribution in [3.05, 3.63) is 29.8 Å². The fourth-order valence-corrected chi connectivity index (χ4v) is 1.91. The molecule has 0 heterocycles. The van der Waals surface area contributed by atoms with Gasteiger partial charge in [-0.25, -0.2) is 0 Å². The highest BCUT2D eigenvalue weighted by atomic mass is 16.6. The van der Waals surface area contributed by atoms with E-state index in [9.17, 15) is 4.79 Å². The third-order valence-electron chi connectivity index (χ3n) is 3.24. The van der Waals surface area contributed by atoms with E-state index in [1.54, 1.807) is 24.3 Å². The largest absolute Gasteiger partial charge is 0.491 e. The first-order chi connectivity index (χ1) is 13.4. The summed E-state index contributed by atoms with van der Waals surface area (Å²) < 4.78 is 32.0. The monoisotopic (exact) mass is 386 g/mol. The number of aliphatic hydroxyl groups is 1. The lowest BCUT2D eigenvalue weighted by Gasteiger charge is -2.08. The van der Waals surface area contributed by atoms with Gasteiger partial charge in [-0.2, -0.15) is 0 Å². The molecule has 27 heavy (non-hydrogen) atoms. The molecule has 1 N–H and O–H groups in total. The first kappa shape index (κ1) is 23.5. The lowest BCUT2D eigenvalue weighted by atomic mass is 10.2. The van der Waals surface area contributed by atoms with Crippen molar-refractivity contribution in [1.82, 2.24) is 0 Å². The zero-order chi connectivity index (χ0) is 19.4. The molecule has 0 spiro atoms. The Bertz CT molecular complexity index is 452. The Morgan fingerprint density at radius 3 is 1.44 bits per heavy atom. The lowest BCUT2D eigenvalue weighted by molar-refractivity contribution is -0.0146. The van der Waals surface area contributed by atoms with E-state index in [0.29, 0.717) is 84.0 Å². The van der Waals surface area contributed by atoms with Crippen molar-refractivity contribution in [2.24, 2.45) is 0 Å². The summed E-state index contributed by atoms with van der Waals surface area (Å²) in [5, 5.41) is 8.52. The predicted octanol–water partition coefficient (Wildman–Crippen LogP) is 0.953. The molecule has 1 rings (SSSR count). The zero-order valence-corrected chi connectivity index (χ0v) is 15.7. The summed E-state index contributed by atoms with van der Waals surface area (Å²) in [6, 6.07) is 6.92. The van der Waals surface area contributed by atoms with Crippen molar-refractivity contribution in [2.45, 2.75) is 0 Å². The second-order valence-electron chi connectivity index (χ2n) is 5.32. The van der Waals surface area contributed by atoms with E-state index in [2.05, 4.69) is 0 Å². The van der Waals surface area contributed by atoms with Crippen LogP contribution in [0.2, 0.25) is 0 Å². The maximum absolute atomic E-state index is 10.5. The van der Waals surface area contributed by atoms with Crippen LogP contribution in [0.5, 0.6) is 5.75 Å². The molecular weight excluding hydrogens is 356 g/mol. The topological polar surface area (TPSA) is 92.7 Å². The Morgan fingerprint density at radius 1 is 0.630 bits per heavy atom. The van der Waals surface area contributed by atoms with Gasteiger partial charge < -0.3 is 33.5 Å². The molecule has 0 saturated carbocycles. The van der Waals surface area contributed by atoms with E-state index < -0.39 is 0 Å². The molecule has 0 saturated heterocycles. The van der Waals surface area contributed by atoms with E-state index in [0.717, 1.165) is 6.29 Å². The minimum absolute atomic E-state index is 0.0275. The summed E-state index contributed by atoms with van der Waals surface area (Å²) in [5.74, 6) is 0.708.